The van der Waals surface area contributed by atoms with E-state index in [1.807, 2.05) is 26.0 Å². The molecule has 2 unspecified atom stereocenters. The minimum atomic E-state index is -0.868. The van der Waals surface area contributed by atoms with E-state index >= 15 is 0 Å². The monoisotopic (exact) mass is 358 g/mol. The van der Waals surface area contributed by atoms with Gasteiger partial charge in [-0.05, 0) is 56.9 Å². The highest BCUT2D eigenvalue weighted by Crippen LogP contribution is 2.29. The van der Waals surface area contributed by atoms with Crippen molar-refractivity contribution in [3.05, 3.63) is 53.6 Å². The summed E-state index contributed by atoms with van der Waals surface area (Å²) in [6.45, 7) is 8.04. The topological polar surface area (TPSA) is 66.8 Å². The van der Waals surface area contributed by atoms with Gasteiger partial charge in [-0.3, -0.25) is 0 Å². The Morgan fingerprint density at radius 1 is 1.27 bits per heavy atom. The first-order valence-corrected chi connectivity index (χ1v) is 9.25. The van der Waals surface area contributed by atoms with Crippen molar-refractivity contribution < 1.29 is 19.7 Å². The van der Waals surface area contributed by atoms with Crippen molar-refractivity contribution in [2.24, 2.45) is 11.8 Å². The quantitative estimate of drug-likeness (QED) is 0.611. The molecular formula is C22H30O4. The van der Waals surface area contributed by atoms with Crippen LogP contribution in [-0.2, 0) is 4.74 Å². The molecule has 0 bridgehead atoms. The van der Waals surface area contributed by atoms with Gasteiger partial charge in [0.25, 0.3) is 0 Å². The average Bonchev–Trinajstić information content (AvgIpc) is 2.54. The lowest BCUT2D eigenvalue weighted by Gasteiger charge is -2.30. The van der Waals surface area contributed by atoms with Gasteiger partial charge < -0.3 is 14.9 Å². The van der Waals surface area contributed by atoms with E-state index in [0.29, 0.717) is 18.4 Å². The van der Waals surface area contributed by atoms with E-state index in [2.05, 4.69) is 19.9 Å². The van der Waals surface area contributed by atoms with Gasteiger partial charge in [-0.1, -0.05) is 37.6 Å². The molecule has 2 N–H and O–H groups in total. The molecule has 1 aromatic carbocycles. The molecule has 0 spiro atoms. The molecule has 0 aliphatic heterocycles. The lowest BCUT2D eigenvalue weighted by Crippen LogP contribution is -2.31. The molecule has 4 heteroatoms. The van der Waals surface area contributed by atoms with Crippen LogP contribution in [0.5, 0.6) is 5.75 Å². The van der Waals surface area contributed by atoms with E-state index in [9.17, 15) is 15.0 Å². The number of hydrogen-bond acceptors (Lipinski definition) is 4. The number of aromatic hydroxyl groups is 1. The molecule has 0 radical (unpaired) electrons. The Kier molecular flexibility index (Phi) is 6.65. The first-order chi connectivity index (χ1) is 12.2. The summed E-state index contributed by atoms with van der Waals surface area (Å²) in [4.78, 5) is 12.6. The summed E-state index contributed by atoms with van der Waals surface area (Å²) in [6, 6.07) is 6.08. The predicted molar refractivity (Wildman–Crippen MR) is 103 cm³/mol. The van der Waals surface area contributed by atoms with Crippen LogP contribution in [0, 0.1) is 11.8 Å². The van der Waals surface area contributed by atoms with Crippen LogP contribution in [-0.4, -0.2) is 27.9 Å². The molecule has 0 saturated carbocycles. The van der Waals surface area contributed by atoms with Gasteiger partial charge in [-0.15, -0.1) is 0 Å². The number of ether oxygens (including phenoxy) is 1. The van der Waals surface area contributed by atoms with Crippen molar-refractivity contribution in [2.75, 3.05) is 0 Å². The molecule has 3 atom stereocenters. The lowest BCUT2D eigenvalue weighted by atomic mass is 9.83. The maximum atomic E-state index is 12.6. The molecular weight excluding hydrogens is 328 g/mol. The van der Waals surface area contributed by atoms with E-state index in [4.69, 9.17) is 4.74 Å². The molecule has 142 valence electrons. The van der Waals surface area contributed by atoms with Gasteiger partial charge in [0.15, 0.2) is 0 Å². The van der Waals surface area contributed by atoms with Crippen LogP contribution >= 0.6 is 0 Å². The number of phenolic OH excluding ortho intramolecular Hbond substituents is 1. The number of esters is 1. The van der Waals surface area contributed by atoms with E-state index in [0.717, 1.165) is 12.0 Å². The van der Waals surface area contributed by atoms with Crippen LogP contribution in [0.3, 0.4) is 0 Å². The minimum absolute atomic E-state index is 0.00369. The highest BCUT2D eigenvalue weighted by Gasteiger charge is 2.29. The lowest BCUT2D eigenvalue weighted by molar-refractivity contribution is 0.0139. The number of carbonyl (C=O) groups excluding carboxylic acids is 1. The summed E-state index contributed by atoms with van der Waals surface area (Å²) in [5, 5.41) is 19.9. The first-order valence-electron chi connectivity index (χ1n) is 9.25. The van der Waals surface area contributed by atoms with Crippen LogP contribution in [0.2, 0.25) is 0 Å². The average molecular weight is 358 g/mol. The number of allylic oxidation sites excluding steroid dienone is 1. The molecule has 26 heavy (non-hydrogen) atoms. The third-order valence-corrected chi connectivity index (χ3v) is 4.90. The second-order valence-electron chi connectivity index (χ2n) is 7.82. The number of hydrogen-bond donors (Lipinski definition) is 2. The van der Waals surface area contributed by atoms with Crippen molar-refractivity contribution in [2.45, 2.75) is 58.7 Å². The van der Waals surface area contributed by atoms with E-state index in [1.54, 1.807) is 12.1 Å². The van der Waals surface area contributed by atoms with E-state index in [1.165, 1.54) is 12.1 Å². The normalized spacial score (nSPS) is 28.3. The number of carbonyl (C=O) groups is 1. The molecule has 0 heterocycles. The Balaban J connectivity index is 2.28. The van der Waals surface area contributed by atoms with Crippen molar-refractivity contribution in [1.82, 2.24) is 0 Å². The zero-order valence-electron chi connectivity index (χ0n) is 16.1. The molecule has 1 aliphatic rings. The maximum absolute atomic E-state index is 12.6. The Labute approximate surface area is 156 Å². The van der Waals surface area contributed by atoms with Gasteiger partial charge in [0.1, 0.15) is 11.9 Å². The summed E-state index contributed by atoms with van der Waals surface area (Å²) >= 11 is 0. The van der Waals surface area contributed by atoms with Crippen LogP contribution in [0.25, 0.3) is 0 Å². The summed E-state index contributed by atoms with van der Waals surface area (Å²) < 4.78 is 5.87. The zero-order chi connectivity index (χ0) is 19.3. The molecule has 4 nitrogen and oxygen atoms in total. The van der Waals surface area contributed by atoms with Crippen LogP contribution in [0.4, 0.5) is 0 Å². The van der Waals surface area contributed by atoms with Crippen molar-refractivity contribution in [1.29, 1.82) is 0 Å². The number of phenols is 1. The van der Waals surface area contributed by atoms with Crippen LogP contribution in [0.1, 0.15) is 57.3 Å². The van der Waals surface area contributed by atoms with Gasteiger partial charge in [-0.25, -0.2) is 4.79 Å². The Bertz CT molecular complexity index is 668. The summed E-state index contributed by atoms with van der Waals surface area (Å²) in [5.41, 5.74) is 0.706. The molecule has 0 amide bonds. The second-order valence-corrected chi connectivity index (χ2v) is 7.82. The van der Waals surface area contributed by atoms with Crippen LogP contribution < -0.4 is 0 Å². The van der Waals surface area contributed by atoms with Crippen molar-refractivity contribution in [3.63, 3.8) is 0 Å². The number of benzene rings is 1. The van der Waals surface area contributed by atoms with Gasteiger partial charge >= 0.3 is 5.97 Å². The second kappa shape index (κ2) is 8.54. The van der Waals surface area contributed by atoms with Crippen molar-refractivity contribution >= 4 is 5.97 Å². The maximum Gasteiger partial charge on any atom is 0.338 e. The first kappa shape index (κ1) is 20.2. The number of aliphatic hydroxyl groups is 1. The summed E-state index contributed by atoms with van der Waals surface area (Å²) in [7, 11) is 0. The minimum Gasteiger partial charge on any atom is -0.508 e. The Hall–Kier alpha value is -2.07. The molecule has 0 aromatic heterocycles. The fourth-order valence-corrected chi connectivity index (χ4v) is 3.25. The highest BCUT2D eigenvalue weighted by molar-refractivity contribution is 5.89. The molecule has 0 saturated heterocycles. The fourth-order valence-electron chi connectivity index (χ4n) is 3.25. The fraction of sp³-hybridized carbons (Fsp3) is 0.500. The van der Waals surface area contributed by atoms with Gasteiger partial charge in [-0.2, -0.15) is 0 Å². The van der Waals surface area contributed by atoms with Gasteiger partial charge in [0.05, 0.1) is 11.2 Å². The third-order valence-electron chi connectivity index (χ3n) is 4.90. The van der Waals surface area contributed by atoms with Gasteiger partial charge in [0, 0.05) is 12.3 Å². The third kappa shape index (κ3) is 5.73. The Morgan fingerprint density at radius 3 is 2.54 bits per heavy atom. The Morgan fingerprint density at radius 2 is 1.92 bits per heavy atom. The largest absolute Gasteiger partial charge is 0.508 e. The molecule has 1 aromatic rings. The SMILES string of the molecule is CC1=CCCC(C)(O)/C=C/C(C(C)C)[C@@H](OC(=O)c2ccc(O)cc2)C1. The zero-order valence-corrected chi connectivity index (χ0v) is 16.1. The van der Waals surface area contributed by atoms with E-state index in [-0.39, 0.29) is 23.7 Å². The molecule has 0 fully saturated rings. The molecule has 1 aliphatic carbocycles. The standard InChI is InChI=1S/C22H30O4/c1-15(2)19-11-13-22(4,25)12-5-6-16(3)14-20(19)26-21(24)17-7-9-18(23)10-8-17/h6-11,13,15,19-20,23,25H,5,12,14H2,1-4H3/b13-11+,16-6?/t19?,20-,22?/m0/s1. The molecule has 2 rings (SSSR count). The summed E-state index contributed by atoms with van der Waals surface area (Å²) in [6.07, 6.45) is 7.77. The summed E-state index contributed by atoms with van der Waals surface area (Å²) in [5.74, 6) is -0.0224. The van der Waals surface area contributed by atoms with E-state index < -0.39 is 11.6 Å². The van der Waals surface area contributed by atoms with Gasteiger partial charge in [0.2, 0.25) is 0 Å². The van der Waals surface area contributed by atoms with Crippen LogP contribution in [0.15, 0.2) is 48.1 Å². The van der Waals surface area contributed by atoms with Crippen molar-refractivity contribution in [3.8, 4) is 5.75 Å². The number of rotatable bonds is 3. The smallest absolute Gasteiger partial charge is 0.338 e. The highest BCUT2D eigenvalue weighted by atomic mass is 16.5. The predicted octanol–water partition coefficient (Wildman–Crippen LogP) is 4.63.